The molecule has 0 aliphatic carbocycles. The van der Waals surface area contributed by atoms with E-state index in [2.05, 4.69) is 13.8 Å². The fraction of sp³-hybridized carbons (Fsp3) is 0.409. The summed E-state index contributed by atoms with van der Waals surface area (Å²) in [6.07, 6.45) is 1.84. The Morgan fingerprint density at radius 2 is 1.53 bits per heavy atom. The first-order valence-electron chi connectivity index (χ1n) is 9.62. The summed E-state index contributed by atoms with van der Waals surface area (Å²) < 4.78 is 38.0. The number of ether oxygens (including phenoxy) is 2. The van der Waals surface area contributed by atoms with E-state index in [1.165, 1.54) is 0 Å². The van der Waals surface area contributed by atoms with Crippen LogP contribution in [0.15, 0.2) is 42.5 Å². The molecule has 0 bridgehead atoms. The SMILES string of the molecule is COc1cc(OC)cc(C(=O)N(CCC(C)C)Cc2ccc(OS(C)(=O)=O)cc2)c1. The third-order valence-electron chi connectivity index (χ3n) is 4.41. The van der Waals surface area contributed by atoms with Crippen LogP contribution in [0.2, 0.25) is 0 Å². The molecule has 0 aromatic heterocycles. The number of carbonyl (C=O) groups excluding carboxylic acids is 1. The Morgan fingerprint density at radius 3 is 2.00 bits per heavy atom. The van der Waals surface area contributed by atoms with Crippen molar-refractivity contribution < 1.29 is 26.9 Å². The molecule has 7 nitrogen and oxygen atoms in total. The van der Waals surface area contributed by atoms with E-state index in [4.69, 9.17) is 13.7 Å². The minimum Gasteiger partial charge on any atom is -0.497 e. The van der Waals surface area contributed by atoms with Crippen molar-refractivity contribution in [3.05, 3.63) is 53.6 Å². The predicted octanol–water partition coefficient (Wildman–Crippen LogP) is 3.73. The molecular formula is C22H29NO6S. The van der Waals surface area contributed by atoms with Crippen LogP contribution in [-0.2, 0) is 16.7 Å². The number of methoxy groups -OCH3 is 2. The van der Waals surface area contributed by atoms with Crippen LogP contribution in [0.4, 0.5) is 0 Å². The predicted molar refractivity (Wildman–Crippen MR) is 116 cm³/mol. The van der Waals surface area contributed by atoms with Gasteiger partial charge in [-0.15, -0.1) is 0 Å². The topological polar surface area (TPSA) is 82.1 Å². The summed E-state index contributed by atoms with van der Waals surface area (Å²) in [4.78, 5) is 15.0. The minimum absolute atomic E-state index is 0.135. The van der Waals surface area contributed by atoms with Crippen LogP contribution in [0.1, 0.15) is 36.2 Å². The molecule has 0 atom stereocenters. The molecule has 0 heterocycles. The molecule has 0 N–H and O–H groups in total. The van der Waals surface area contributed by atoms with Crippen molar-refractivity contribution >= 4 is 16.0 Å². The van der Waals surface area contributed by atoms with Gasteiger partial charge in [0.15, 0.2) is 0 Å². The van der Waals surface area contributed by atoms with Gasteiger partial charge in [-0.1, -0.05) is 26.0 Å². The maximum Gasteiger partial charge on any atom is 0.306 e. The number of hydrogen-bond acceptors (Lipinski definition) is 6. The Labute approximate surface area is 178 Å². The molecule has 0 aliphatic rings. The zero-order valence-corrected chi connectivity index (χ0v) is 18.9. The highest BCUT2D eigenvalue weighted by Crippen LogP contribution is 2.24. The monoisotopic (exact) mass is 435 g/mol. The Kier molecular flexibility index (Phi) is 8.11. The van der Waals surface area contributed by atoms with Crippen molar-refractivity contribution in [1.29, 1.82) is 0 Å². The zero-order valence-electron chi connectivity index (χ0n) is 18.0. The van der Waals surface area contributed by atoms with Gasteiger partial charge in [-0.2, -0.15) is 8.42 Å². The fourth-order valence-corrected chi connectivity index (χ4v) is 3.29. The Bertz CT molecular complexity index is 932. The standard InChI is InChI=1S/C22H29NO6S/c1-16(2)10-11-23(15-17-6-8-19(9-7-17)29-30(5,25)26)22(24)18-12-20(27-3)14-21(13-18)28-4/h6-9,12-14,16H,10-11,15H2,1-5H3. The van der Waals surface area contributed by atoms with Gasteiger partial charge in [0, 0.05) is 24.7 Å². The lowest BCUT2D eigenvalue weighted by molar-refractivity contribution is 0.0734. The summed E-state index contributed by atoms with van der Waals surface area (Å²) in [6.45, 7) is 5.17. The van der Waals surface area contributed by atoms with Crippen LogP contribution in [-0.4, -0.2) is 46.2 Å². The van der Waals surface area contributed by atoms with Crippen molar-refractivity contribution in [2.45, 2.75) is 26.8 Å². The van der Waals surface area contributed by atoms with Crippen LogP contribution in [0, 0.1) is 5.92 Å². The molecule has 0 saturated heterocycles. The van der Waals surface area contributed by atoms with E-state index in [0.29, 0.717) is 36.1 Å². The minimum atomic E-state index is -3.58. The zero-order chi connectivity index (χ0) is 22.3. The molecule has 0 unspecified atom stereocenters. The second-order valence-electron chi connectivity index (χ2n) is 7.44. The molecule has 0 spiro atoms. The number of nitrogens with zero attached hydrogens (tertiary/aromatic N) is 1. The summed E-state index contributed by atoms with van der Waals surface area (Å²) in [5.41, 5.74) is 1.34. The number of rotatable bonds is 10. The van der Waals surface area contributed by atoms with Crippen LogP contribution >= 0.6 is 0 Å². The van der Waals surface area contributed by atoms with Crippen molar-refractivity contribution in [1.82, 2.24) is 4.90 Å². The van der Waals surface area contributed by atoms with Gasteiger partial charge >= 0.3 is 10.1 Å². The Morgan fingerprint density at radius 1 is 0.967 bits per heavy atom. The van der Waals surface area contributed by atoms with Crippen molar-refractivity contribution in [3.8, 4) is 17.2 Å². The number of carbonyl (C=O) groups is 1. The largest absolute Gasteiger partial charge is 0.497 e. The van der Waals surface area contributed by atoms with Gasteiger partial charge in [0.1, 0.15) is 17.2 Å². The van der Waals surface area contributed by atoms with Gasteiger partial charge in [0.25, 0.3) is 5.91 Å². The number of hydrogen-bond donors (Lipinski definition) is 0. The molecule has 0 fully saturated rings. The van der Waals surface area contributed by atoms with Crippen molar-refractivity contribution in [2.24, 2.45) is 5.92 Å². The van der Waals surface area contributed by atoms with Gasteiger partial charge < -0.3 is 18.6 Å². The second kappa shape index (κ2) is 10.3. The molecule has 8 heteroatoms. The van der Waals surface area contributed by atoms with Crippen LogP contribution in [0.25, 0.3) is 0 Å². The van der Waals surface area contributed by atoms with Gasteiger partial charge in [0.2, 0.25) is 0 Å². The Hall–Kier alpha value is -2.74. The van der Waals surface area contributed by atoms with E-state index < -0.39 is 10.1 Å². The highest BCUT2D eigenvalue weighted by molar-refractivity contribution is 7.86. The lowest BCUT2D eigenvalue weighted by Crippen LogP contribution is -2.32. The molecule has 0 aliphatic heterocycles. The molecule has 2 rings (SSSR count). The highest BCUT2D eigenvalue weighted by Gasteiger charge is 2.19. The van der Waals surface area contributed by atoms with E-state index in [0.717, 1.165) is 18.2 Å². The van der Waals surface area contributed by atoms with E-state index in [1.807, 2.05) is 0 Å². The summed E-state index contributed by atoms with van der Waals surface area (Å²) >= 11 is 0. The molecule has 0 radical (unpaired) electrons. The summed E-state index contributed by atoms with van der Waals surface area (Å²) in [6, 6.07) is 11.8. The maximum absolute atomic E-state index is 13.3. The van der Waals surface area contributed by atoms with Gasteiger partial charge in [-0.25, -0.2) is 0 Å². The van der Waals surface area contributed by atoms with Gasteiger partial charge in [-0.3, -0.25) is 4.79 Å². The first-order valence-corrected chi connectivity index (χ1v) is 11.4. The fourth-order valence-electron chi connectivity index (χ4n) is 2.83. The maximum atomic E-state index is 13.3. The van der Waals surface area contributed by atoms with Crippen molar-refractivity contribution in [2.75, 3.05) is 27.0 Å². The third-order valence-corrected chi connectivity index (χ3v) is 4.90. The number of amides is 1. The average molecular weight is 436 g/mol. The van der Waals surface area contributed by atoms with E-state index in [9.17, 15) is 13.2 Å². The molecule has 2 aromatic carbocycles. The van der Waals surface area contributed by atoms with Crippen molar-refractivity contribution in [3.63, 3.8) is 0 Å². The lowest BCUT2D eigenvalue weighted by Gasteiger charge is -2.24. The van der Waals surface area contributed by atoms with Gasteiger partial charge in [0.05, 0.1) is 20.5 Å². The van der Waals surface area contributed by atoms with E-state index in [1.54, 1.807) is 61.6 Å². The molecule has 30 heavy (non-hydrogen) atoms. The lowest BCUT2D eigenvalue weighted by atomic mass is 10.1. The summed E-state index contributed by atoms with van der Waals surface area (Å²) in [5.74, 6) is 1.63. The average Bonchev–Trinajstić information content (AvgIpc) is 2.70. The molecule has 0 saturated carbocycles. The van der Waals surface area contributed by atoms with Gasteiger partial charge in [-0.05, 0) is 42.2 Å². The van der Waals surface area contributed by atoms with Crippen LogP contribution in [0.3, 0.4) is 0 Å². The number of benzene rings is 2. The van der Waals surface area contributed by atoms with Crippen LogP contribution in [0.5, 0.6) is 17.2 Å². The Balaban J connectivity index is 2.26. The first kappa shape index (κ1) is 23.5. The van der Waals surface area contributed by atoms with Crippen LogP contribution < -0.4 is 13.7 Å². The summed E-state index contributed by atoms with van der Waals surface area (Å²) in [5, 5.41) is 0. The molecule has 164 valence electrons. The quantitative estimate of drug-likeness (QED) is 0.529. The van der Waals surface area contributed by atoms with E-state index in [-0.39, 0.29) is 11.7 Å². The first-order chi connectivity index (χ1) is 14.1. The smallest absolute Gasteiger partial charge is 0.306 e. The summed E-state index contributed by atoms with van der Waals surface area (Å²) in [7, 11) is -0.500. The third kappa shape index (κ3) is 7.26. The van der Waals surface area contributed by atoms with E-state index >= 15 is 0 Å². The second-order valence-corrected chi connectivity index (χ2v) is 9.02. The normalized spacial score (nSPS) is 11.3. The molecule has 1 amide bonds. The molecular weight excluding hydrogens is 406 g/mol. The molecule has 2 aromatic rings. The highest BCUT2D eigenvalue weighted by atomic mass is 32.2.